The Balaban J connectivity index is 1.58. The van der Waals surface area contributed by atoms with Gasteiger partial charge in [-0.2, -0.15) is 0 Å². The highest BCUT2D eigenvalue weighted by Gasteiger charge is 2.38. The van der Waals surface area contributed by atoms with E-state index in [-0.39, 0.29) is 11.8 Å². The molecule has 6 aromatic carbocycles. The third-order valence-corrected chi connectivity index (χ3v) is 8.69. The molecule has 0 fully saturated rings. The highest BCUT2D eigenvalue weighted by molar-refractivity contribution is 6.30. The van der Waals surface area contributed by atoms with Crippen molar-refractivity contribution in [1.82, 2.24) is 0 Å². The first-order valence-electron chi connectivity index (χ1n) is 15.3. The lowest BCUT2D eigenvalue weighted by Crippen LogP contribution is -2.27. The van der Waals surface area contributed by atoms with Crippen LogP contribution < -0.4 is 9.64 Å². The van der Waals surface area contributed by atoms with Gasteiger partial charge in [-0.3, -0.25) is 9.69 Å². The van der Waals surface area contributed by atoms with Gasteiger partial charge in [0.2, 0.25) is 0 Å². The maximum atomic E-state index is 14.7. The van der Waals surface area contributed by atoms with E-state index in [9.17, 15) is 4.79 Å². The van der Waals surface area contributed by atoms with Crippen LogP contribution in [0.1, 0.15) is 52.4 Å². The molecule has 7 rings (SSSR count). The van der Waals surface area contributed by atoms with Crippen molar-refractivity contribution < 1.29 is 9.53 Å². The molecule has 0 saturated heterocycles. The molecular formula is C41H35NO2. The summed E-state index contributed by atoms with van der Waals surface area (Å²) in [5.41, 5.74) is 10.4. The van der Waals surface area contributed by atoms with Crippen LogP contribution in [0.5, 0.6) is 5.75 Å². The second-order valence-corrected chi connectivity index (χ2v) is 11.9. The van der Waals surface area contributed by atoms with E-state index in [1.54, 1.807) is 0 Å². The second kappa shape index (κ2) is 11.5. The minimum absolute atomic E-state index is 0.0219. The molecule has 6 aromatic rings. The maximum absolute atomic E-state index is 14.7. The Kier molecular flexibility index (Phi) is 7.23. The molecule has 1 amide bonds. The molecule has 3 nitrogen and oxygen atoms in total. The second-order valence-electron chi connectivity index (χ2n) is 11.9. The van der Waals surface area contributed by atoms with Crippen LogP contribution in [-0.2, 0) is 13.2 Å². The van der Waals surface area contributed by atoms with E-state index in [0.29, 0.717) is 13.2 Å². The van der Waals surface area contributed by atoms with Crippen molar-refractivity contribution in [2.75, 3.05) is 4.90 Å². The van der Waals surface area contributed by atoms with Gasteiger partial charge in [0.05, 0.1) is 17.8 Å². The first-order valence-corrected chi connectivity index (χ1v) is 15.3. The Hall–Kier alpha value is -5.15. The summed E-state index contributed by atoms with van der Waals surface area (Å²) in [7, 11) is 0. The first-order chi connectivity index (χ1) is 21.5. The van der Waals surface area contributed by atoms with Crippen LogP contribution in [0.25, 0.3) is 33.0 Å². The van der Waals surface area contributed by atoms with Gasteiger partial charge in [0.25, 0.3) is 5.91 Å². The lowest BCUT2D eigenvalue weighted by atomic mass is 9.82. The Morgan fingerprint density at radius 1 is 0.659 bits per heavy atom. The van der Waals surface area contributed by atoms with Gasteiger partial charge >= 0.3 is 0 Å². The minimum Gasteiger partial charge on any atom is -0.486 e. The molecule has 1 heterocycles. The summed E-state index contributed by atoms with van der Waals surface area (Å²) in [6, 6.07) is 43.9. The highest BCUT2D eigenvalue weighted by Crippen LogP contribution is 2.54. The molecule has 0 atom stereocenters. The van der Waals surface area contributed by atoms with Gasteiger partial charge in [0, 0.05) is 5.39 Å². The Morgan fingerprint density at radius 2 is 1.18 bits per heavy atom. The van der Waals surface area contributed by atoms with Crippen LogP contribution in [-0.4, -0.2) is 5.91 Å². The number of anilines is 1. The molecule has 44 heavy (non-hydrogen) atoms. The Labute approximate surface area is 259 Å². The summed E-state index contributed by atoms with van der Waals surface area (Å²) in [5.74, 6) is 0.989. The zero-order valence-electron chi connectivity index (χ0n) is 25.4. The number of hydrogen-bond acceptors (Lipinski definition) is 2. The molecule has 0 aliphatic carbocycles. The number of benzene rings is 6. The van der Waals surface area contributed by atoms with E-state index in [0.717, 1.165) is 72.3 Å². The fraction of sp³-hybridized carbons (Fsp3) is 0.146. The number of carbonyl (C=O) groups is 1. The Bertz CT molecular complexity index is 1970. The molecule has 0 saturated carbocycles. The molecule has 1 aliphatic heterocycles. The number of amides is 1. The summed E-state index contributed by atoms with van der Waals surface area (Å²) in [5, 5.41) is 2.07. The van der Waals surface area contributed by atoms with Crippen molar-refractivity contribution in [2.45, 2.75) is 39.8 Å². The van der Waals surface area contributed by atoms with Gasteiger partial charge in [-0.1, -0.05) is 135 Å². The average molecular weight is 574 g/mol. The van der Waals surface area contributed by atoms with E-state index in [2.05, 4.69) is 106 Å². The van der Waals surface area contributed by atoms with Gasteiger partial charge in [-0.15, -0.1) is 0 Å². The van der Waals surface area contributed by atoms with E-state index in [1.807, 2.05) is 47.4 Å². The van der Waals surface area contributed by atoms with Crippen LogP contribution in [0.15, 0.2) is 127 Å². The largest absolute Gasteiger partial charge is 0.486 e. The molecule has 0 aromatic heterocycles. The minimum atomic E-state index is 0.0219. The smallest absolute Gasteiger partial charge is 0.259 e. The highest BCUT2D eigenvalue weighted by atomic mass is 16.5. The number of carbonyl (C=O) groups excluding carboxylic acids is 1. The lowest BCUT2D eigenvalue weighted by molar-refractivity contribution is 0.0990. The third kappa shape index (κ3) is 4.75. The summed E-state index contributed by atoms with van der Waals surface area (Å²) in [6.07, 6.45) is 0. The van der Waals surface area contributed by atoms with Crippen molar-refractivity contribution in [2.24, 2.45) is 0 Å². The summed E-state index contributed by atoms with van der Waals surface area (Å²) in [4.78, 5) is 16.7. The predicted octanol–water partition coefficient (Wildman–Crippen LogP) is 10.3. The van der Waals surface area contributed by atoms with Gasteiger partial charge in [-0.05, 0) is 68.8 Å². The molecule has 1 aliphatic rings. The molecule has 3 heteroatoms. The predicted molar refractivity (Wildman–Crippen MR) is 181 cm³/mol. The van der Waals surface area contributed by atoms with Crippen LogP contribution in [0.3, 0.4) is 0 Å². The molecule has 0 bridgehead atoms. The fourth-order valence-electron chi connectivity index (χ4n) is 6.61. The summed E-state index contributed by atoms with van der Waals surface area (Å²) >= 11 is 0. The van der Waals surface area contributed by atoms with Gasteiger partial charge in [-0.25, -0.2) is 0 Å². The zero-order chi connectivity index (χ0) is 30.2. The molecular weight excluding hydrogens is 538 g/mol. The van der Waals surface area contributed by atoms with E-state index >= 15 is 0 Å². The van der Waals surface area contributed by atoms with Crippen molar-refractivity contribution >= 4 is 22.4 Å². The molecule has 216 valence electrons. The molecule has 0 unspecified atom stereocenters. The number of rotatable bonds is 8. The maximum Gasteiger partial charge on any atom is 0.259 e. The summed E-state index contributed by atoms with van der Waals surface area (Å²) < 4.78 is 6.77. The average Bonchev–Trinajstić information content (AvgIpc) is 3.35. The monoisotopic (exact) mass is 573 g/mol. The van der Waals surface area contributed by atoms with E-state index < -0.39 is 0 Å². The van der Waals surface area contributed by atoms with Crippen LogP contribution in [0, 0.1) is 6.92 Å². The fourth-order valence-corrected chi connectivity index (χ4v) is 6.61. The van der Waals surface area contributed by atoms with Crippen molar-refractivity contribution in [3.63, 3.8) is 0 Å². The first kappa shape index (κ1) is 27.7. The van der Waals surface area contributed by atoms with Crippen LogP contribution in [0.4, 0.5) is 5.69 Å². The number of hydrogen-bond donors (Lipinski definition) is 0. The molecule has 0 spiro atoms. The normalized spacial score (nSPS) is 12.4. The third-order valence-electron chi connectivity index (χ3n) is 8.69. The quantitative estimate of drug-likeness (QED) is 0.181. The SMILES string of the molecule is Cc1c(-c2ccccc2)c(-c2ccccc2)c2cc(C(C)C)c(OCc3ccccc3)c3c2c1C(=O)N3Cc1ccccc1. The van der Waals surface area contributed by atoms with E-state index in [1.165, 1.54) is 0 Å². The van der Waals surface area contributed by atoms with Crippen molar-refractivity contribution in [1.29, 1.82) is 0 Å². The van der Waals surface area contributed by atoms with Crippen molar-refractivity contribution in [3.8, 4) is 28.0 Å². The number of ether oxygens (including phenoxy) is 1. The number of nitrogens with zero attached hydrogens (tertiary/aromatic N) is 1. The van der Waals surface area contributed by atoms with Gasteiger partial charge < -0.3 is 4.74 Å². The van der Waals surface area contributed by atoms with Crippen LogP contribution >= 0.6 is 0 Å². The van der Waals surface area contributed by atoms with Crippen LogP contribution in [0.2, 0.25) is 0 Å². The van der Waals surface area contributed by atoms with E-state index in [4.69, 9.17) is 4.74 Å². The van der Waals surface area contributed by atoms with Gasteiger partial charge in [0.1, 0.15) is 12.4 Å². The zero-order valence-corrected chi connectivity index (χ0v) is 25.4. The molecule has 0 N–H and O–H groups in total. The lowest BCUT2D eigenvalue weighted by Gasteiger charge is -2.25. The topological polar surface area (TPSA) is 29.5 Å². The standard InChI is InChI=1S/C41H35NO2/c1-27(2)33-24-34-37(32-22-14-7-15-23-32)35(31-20-12-6-13-21-31)28(3)36-38(34)39(40(33)44-26-30-18-10-5-11-19-30)42(41(36)43)25-29-16-8-4-9-17-29/h4-24,27H,25-26H2,1-3H3. The summed E-state index contributed by atoms with van der Waals surface area (Å²) in [6.45, 7) is 7.41. The van der Waals surface area contributed by atoms with Crippen molar-refractivity contribution in [3.05, 3.63) is 155 Å². The molecule has 0 radical (unpaired) electrons. The van der Waals surface area contributed by atoms with Gasteiger partial charge in [0.15, 0.2) is 0 Å². The Morgan fingerprint density at radius 3 is 1.75 bits per heavy atom.